The first kappa shape index (κ1) is 26.8. The van der Waals surface area contributed by atoms with Gasteiger partial charge in [0.1, 0.15) is 11.5 Å². The average molecular weight is 519 g/mol. The third kappa shape index (κ3) is 6.41. The van der Waals surface area contributed by atoms with E-state index in [0.717, 1.165) is 72.2 Å². The molecule has 0 bridgehead atoms. The molecule has 204 valence electrons. The van der Waals surface area contributed by atoms with E-state index in [1.807, 2.05) is 30.5 Å². The monoisotopic (exact) mass is 518 g/mol. The van der Waals surface area contributed by atoms with E-state index in [9.17, 15) is 0 Å². The van der Waals surface area contributed by atoms with Crippen LogP contribution in [0.1, 0.15) is 68.4 Å². The topological polar surface area (TPSA) is 61.8 Å². The normalized spacial score (nSPS) is 20.4. The smallest absolute Gasteiger partial charge is 0.213 e. The predicted molar refractivity (Wildman–Crippen MR) is 151 cm³/mol. The first-order valence-electron chi connectivity index (χ1n) is 14.3. The van der Waals surface area contributed by atoms with Crippen LogP contribution in [-0.4, -0.2) is 45.0 Å². The summed E-state index contributed by atoms with van der Waals surface area (Å²) in [5.41, 5.74) is 2.19. The zero-order valence-electron chi connectivity index (χ0n) is 22.9. The van der Waals surface area contributed by atoms with Crippen molar-refractivity contribution in [3.05, 3.63) is 59.8 Å². The van der Waals surface area contributed by atoms with E-state index in [1.54, 1.807) is 14.2 Å². The van der Waals surface area contributed by atoms with Crippen LogP contribution in [0.5, 0.6) is 17.4 Å². The third-order valence-electron chi connectivity index (χ3n) is 8.26. The number of aromatic nitrogens is 1. The summed E-state index contributed by atoms with van der Waals surface area (Å²) >= 11 is 0. The van der Waals surface area contributed by atoms with E-state index in [2.05, 4.69) is 28.5 Å². The summed E-state index contributed by atoms with van der Waals surface area (Å²) in [7, 11) is 3.42. The quantitative estimate of drug-likeness (QED) is 0.287. The number of rotatable bonds is 11. The molecule has 6 heteroatoms. The molecule has 38 heavy (non-hydrogen) atoms. The second-order valence-corrected chi connectivity index (χ2v) is 10.7. The second kappa shape index (κ2) is 13.3. The molecule has 2 aromatic carbocycles. The molecule has 1 aliphatic carbocycles. The Labute approximate surface area is 227 Å². The lowest BCUT2D eigenvalue weighted by atomic mass is 9.86. The third-order valence-corrected chi connectivity index (χ3v) is 8.26. The number of methoxy groups -OCH3 is 2. The molecule has 0 radical (unpaired) electrons. The van der Waals surface area contributed by atoms with Crippen molar-refractivity contribution in [1.29, 1.82) is 0 Å². The molecule has 1 N–H and O–H groups in total. The molecule has 1 saturated carbocycles. The highest BCUT2D eigenvalue weighted by Gasteiger charge is 2.28. The molecular formula is C32H42N2O4. The summed E-state index contributed by atoms with van der Waals surface area (Å²) in [6, 6.07) is 14.4. The first-order valence-corrected chi connectivity index (χ1v) is 14.3. The van der Waals surface area contributed by atoms with Gasteiger partial charge in [-0.15, -0.1) is 0 Å². The van der Waals surface area contributed by atoms with E-state index in [-0.39, 0.29) is 12.0 Å². The summed E-state index contributed by atoms with van der Waals surface area (Å²) in [6.45, 7) is 2.97. The van der Waals surface area contributed by atoms with Gasteiger partial charge in [0.05, 0.1) is 33.5 Å². The molecule has 1 aliphatic heterocycles. The molecular weight excluding hydrogens is 476 g/mol. The highest BCUT2D eigenvalue weighted by atomic mass is 16.5. The highest BCUT2D eigenvalue weighted by molar-refractivity contribution is 5.94. The van der Waals surface area contributed by atoms with Crippen molar-refractivity contribution in [2.45, 2.75) is 70.0 Å². The molecule has 5 rings (SSSR count). The van der Waals surface area contributed by atoms with Gasteiger partial charge >= 0.3 is 0 Å². The number of ether oxygens (including phenoxy) is 4. The molecule has 3 aromatic rings. The van der Waals surface area contributed by atoms with Crippen LogP contribution in [0.15, 0.2) is 48.7 Å². The Bertz CT molecular complexity index is 1160. The molecule has 1 aromatic heterocycles. The molecule has 6 nitrogen and oxygen atoms in total. The van der Waals surface area contributed by atoms with Crippen LogP contribution in [0, 0.1) is 5.92 Å². The lowest BCUT2D eigenvalue weighted by molar-refractivity contribution is 0.00975. The SMILES string of the molecule is COc1cc(COC2CNCCC2c2ccc(OCCCC3CCCCC3)nc2)c(OC)c2ccccc12. The number of fused-ring (bicyclic) bond motifs is 1. The fraction of sp³-hybridized carbons (Fsp3) is 0.531. The Hall–Kier alpha value is -2.83. The fourth-order valence-corrected chi connectivity index (χ4v) is 6.19. The minimum atomic E-state index is 0.0370. The van der Waals surface area contributed by atoms with E-state index < -0.39 is 0 Å². The minimum Gasteiger partial charge on any atom is -0.496 e. The average Bonchev–Trinajstić information content (AvgIpc) is 2.98. The maximum absolute atomic E-state index is 6.54. The zero-order chi connectivity index (χ0) is 26.2. The van der Waals surface area contributed by atoms with Crippen LogP contribution >= 0.6 is 0 Å². The van der Waals surface area contributed by atoms with Crippen LogP contribution in [0.25, 0.3) is 10.8 Å². The van der Waals surface area contributed by atoms with Gasteiger partial charge in [-0.05, 0) is 43.4 Å². The number of benzene rings is 2. The summed E-state index contributed by atoms with van der Waals surface area (Å²) in [6.07, 6.45) is 12.4. The molecule has 0 amide bonds. The number of nitrogens with one attached hydrogen (secondary N) is 1. The van der Waals surface area contributed by atoms with Gasteiger partial charge in [-0.2, -0.15) is 0 Å². The van der Waals surface area contributed by atoms with Crippen LogP contribution in [0.3, 0.4) is 0 Å². The number of pyridine rings is 1. The van der Waals surface area contributed by atoms with Gasteiger partial charge in [-0.1, -0.05) is 62.4 Å². The molecule has 2 fully saturated rings. The van der Waals surface area contributed by atoms with Gasteiger partial charge in [0.15, 0.2) is 0 Å². The molecule has 0 spiro atoms. The fourth-order valence-electron chi connectivity index (χ4n) is 6.19. The standard InChI is InChI=1S/C32H42N2O4/c1-35-29-19-25(32(36-2)28-13-7-6-12-27(28)29)22-38-30-21-33-17-16-26(30)24-14-15-31(34-20-24)37-18-8-11-23-9-4-3-5-10-23/h6-7,12-15,19-20,23,26,30,33H,3-5,8-11,16-18,21-22H2,1-2H3. The minimum absolute atomic E-state index is 0.0370. The van der Waals surface area contributed by atoms with Crippen LogP contribution < -0.4 is 19.5 Å². The Balaban J connectivity index is 1.20. The van der Waals surface area contributed by atoms with Crippen molar-refractivity contribution in [2.24, 2.45) is 5.92 Å². The van der Waals surface area contributed by atoms with Crippen molar-refractivity contribution in [3.8, 4) is 17.4 Å². The van der Waals surface area contributed by atoms with Crippen molar-refractivity contribution in [1.82, 2.24) is 10.3 Å². The lowest BCUT2D eigenvalue weighted by Gasteiger charge is -2.32. The number of hydrogen-bond donors (Lipinski definition) is 1. The van der Waals surface area contributed by atoms with Gasteiger partial charge in [-0.25, -0.2) is 4.98 Å². The maximum atomic E-state index is 6.54. The summed E-state index contributed by atoms with van der Waals surface area (Å²) in [5.74, 6) is 3.56. The summed E-state index contributed by atoms with van der Waals surface area (Å²) in [5, 5.41) is 5.57. The van der Waals surface area contributed by atoms with E-state index in [4.69, 9.17) is 18.9 Å². The van der Waals surface area contributed by atoms with Gasteiger partial charge in [-0.3, -0.25) is 0 Å². The van der Waals surface area contributed by atoms with E-state index in [1.165, 1.54) is 44.1 Å². The Morgan fingerprint density at radius 2 is 1.79 bits per heavy atom. The van der Waals surface area contributed by atoms with Crippen molar-refractivity contribution >= 4 is 10.8 Å². The highest BCUT2D eigenvalue weighted by Crippen LogP contribution is 2.38. The summed E-state index contributed by atoms with van der Waals surface area (Å²) in [4.78, 5) is 4.64. The Morgan fingerprint density at radius 3 is 2.55 bits per heavy atom. The molecule has 2 heterocycles. The largest absolute Gasteiger partial charge is 0.496 e. The lowest BCUT2D eigenvalue weighted by Crippen LogP contribution is -2.41. The Morgan fingerprint density at radius 1 is 0.947 bits per heavy atom. The number of piperidine rings is 1. The van der Waals surface area contributed by atoms with Crippen molar-refractivity contribution in [2.75, 3.05) is 33.9 Å². The molecule has 2 unspecified atom stereocenters. The first-order chi connectivity index (χ1) is 18.8. The summed E-state index contributed by atoms with van der Waals surface area (Å²) < 4.78 is 24.0. The molecule has 2 aliphatic rings. The van der Waals surface area contributed by atoms with Gasteiger partial charge in [0.2, 0.25) is 5.88 Å². The van der Waals surface area contributed by atoms with Crippen LogP contribution in [0.2, 0.25) is 0 Å². The van der Waals surface area contributed by atoms with Crippen LogP contribution in [-0.2, 0) is 11.3 Å². The van der Waals surface area contributed by atoms with Crippen molar-refractivity contribution < 1.29 is 18.9 Å². The zero-order valence-corrected chi connectivity index (χ0v) is 22.9. The van der Waals surface area contributed by atoms with Gasteiger partial charge in [0, 0.05) is 41.1 Å². The molecule has 2 atom stereocenters. The molecule has 1 saturated heterocycles. The maximum Gasteiger partial charge on any atom is 0.213 e. The van der Waals surface area contributed by atoms with Crippen LogP contribution in [0.4, 0.5) is 0 Å². The predicted octanol–water partition coefficient (Wildman–Crippen LogP) is 6.65. The van der Waals surface area contributed by atoms with Crippen molar-refractivity contribution in [3.63, 3.8) is 0 Å². The second-order valence-electron chi connectivity index (χ2n) is 10.7. The van der Waals surface area contributed by atoms with E-state index >= 15 is 0 Å². The number of hydrogen-bond acceptors (Lipinski definition) is 6. The number of nitrogens with zero attached hydrogens (tertiary/aromatic N) is 1. The van der Waals surface area contributed by atoms with Gasteiger partial charge in [0.25, 0.3) is 0 Å². The van der Waals surface area contributed by atoms with E-state index in [0.29, 0.717) is 6.61 Å². The van der Waals surface area contributed by atoms with Gasteiger partial charge < -0.3 is 24.3 Å². The Kier molecular flexibility index (Phi) is 9.37.